The van der Waals surface area contributed by atoms with Gasteiger partial charge in [-0.3, -0.25) is 4.68 Å². The number of nitrogens with one attached hydrogen (secondary N) is 1. The Balaban J connectivity index is 1.85. The predicted octanol–water partition coefficient (Wildman–Crippen LogP) is 3.72. The third-order valence-electron chi connectivity index (χ3n) is 2.40. The number of hydrogen-bond donors (Lipinski definition) is 1. The van der Waals surface area contributed by atoms with E-state index in [1.807, 2.05) is 42.1 Å². The Morgan fingerprint density at radius 2 is 2.06 bits per heavy atom. The summed E-state index contributed by atoms with van der Waals surface area (Å²) < 4.78 is 2.93. The fraction of sp³-hybridized carbons (Fsp3) is 0.250. The second-order valence-electron chi connectivity index (χ2n) is 3.76. The van der Waals surface area contributed by atoms with Crippen molar-refractivity contribution in [3.05, 3.63) is 45.7 Å². The number of nitrogens with zero attached hydrogens (tertiary/aromatic N) is 2. The Kier molecular flexibility index (Phi) is 4.07. The average Bonchev–Trinajstić information content (AvgIpc) is 2.61. The summed E-state index contributed by atoms with van der Waals surface area (Å²) in [5.74, 6) is 0. The van der Waals surface area contributed by atoms with E-state index in [1.54, 1.807) is 0 Å². The fourth-order valence-corrected chi connectivity index (χ4v) is 1.91. The van der Waals surface area contributed by atoms with Gasteiger partial charge in [0.15, 0.2) is 0 Å². The largest absolute Gasteiger partial charge is 0.383 e. The zero-order valence-corrected chi connectivity index (χ0v) is 11.8. The Hall–Kier alpha value is -1.00. The topological polar surface area (TPSA) is 29.9 Å². The van der Waals surface area contributed by atoms with Crippen LogP contribution in [0, 0.1) is 6.92 Å². The van der Waals surface area contributed by atoms with Crippen molar-refractivity contribution in [1.82, 2.24) is 9.78 Å². The average molecular weight is 315 g/mol. The van der Waals surface area contributed by atoms with E-state index in [0.29, 0.717) is 5.02 Å². The highest BCUT2D eigenvalue weighted by Gasteiger charge is 2.00. The number of benzene rings is 1. The van der Waals surface area contributed by atoms with Crippen molar-refractivity contribution < 1.29 is 0 Å². The van der Waals surface area contributed by atoms with E-state index >= 15 is 0 Å². The van der Waals surface area contributed by atoms with Crippen molar-refractivity contribution in [2.45, 2.75) is 13.5 Å². The summed E-state index contributed by atoms with van der Waals surface area (Å²) in [4.78, 5) is 0. The molecule has 0 saturated heterocycles. The zero-order chi connectivity index (χ0) is 12.3. The van der Waals surface area contributed by atoms with Gasteiger partial charge in [-0.2, -0.15) is 5.10 Å². The van der Waals surface area contributed by atoms with Gasteiger partial charge in [0, 0.05) is 22.9 Å². The van der Waals surface area contributed by atoms with Crippen molar-refractivity contribution in [1.29, 1.82) is 0 Å². The van der Waals surface area contributed by atoms with Gasteiger partial charge in [-0.1, -0.05) is 27.5 Å². The van der Waals surface area contributed by atoms with Crippen LogP contribution in [0.4, 0.5) is 5.69 Å². The fourth-order valence-electron chi connectivity index (χ4n) is 1.49. The van der Waals surface area contributed by atoms with Gasteiger partial charge in [0.2, 0.25) is 0 Å². The van der Waals surface area contributed by atoms with Gasteiger partial charge in [0.25, 0.3) is 0 Å². The molecular weight excluding hydrogens is 302 g/mol. The lowest BCUT2D eigenvalue weighted by molar-refractivity contribution is 0.632. The normalized spacial score (nSPS) is 10.5. The third-order valence-corrected chi connectivity index (χ3v) is 3.30. The number of hydrogen-bond acceptors (Lipinski definition) is 2. The van der Waals surface area contributed by atoms with E-state index in [2.05, 4.69) is 26.3 Å². The molecule has 0 unspecified atom stereocenters. The molecule has 1 heterocycles. The highest BCUT2D eigenvalue weighted by Crippen LogP contribution is 2.14. The first-order chi connectivity index (χ1) is 8.15. The molecule has 0 aliphatic heterocycles. The molecule has 5 heteroatoms. The summed E-state index contributed by atoms with van der Waals surface area (Å²) in [7, 11) is 0. The zero-order valence-electron chi connectivity index (χ0n) is 9.45. The molecule has 17 heavy (non-hydrogen) atoms. The van der Waals surface area contributed by atoms with Crippen molar-refractivity contribution >= 4 is 33.2 Å². The van der Waals surface area contributed by atoms with Gasteiger partial charge in [0.05, 0.1) is 17.3 Å². The third kappa shape index (κ3) is 3.48. The maximum absolute atomic E-state index is 5.93. The first-order valence-corrected chi connectivity index (χ1v) is 6.51. The minimum Gasteiger partial charge on any atom is -0.383 e. The summed E-state index contributed by atoms with van der Waals surface area (Å²) in [6.07, 6.45) is 1.85. The van der Waals surface area contributed by atoms with Crippen LogP contribution in [0.2, 0.25) is 5.02 Å². The van der Waals surface area contributed by atoms with Crippen molar-refractivity contribution in [3.8, 4) is 0 Å². The molecule has 90 valence electrons. The molecule has 0 spiro atoms. The molecule has 1 aromatic heterocycles. The van der Waals surface area contributed by atoms with E-state index in [-0.39, 0.29) is 0 Å². The monoisotopic (exact) mass is 313 g/mol. The molecule has 0 saturated carbocycles. The van der Waals surface area contributed by atoms with Crippen LogP contribution in [0.25, 0.3) is 0 Å². The van der Waals surface area contributed by atoms with Crippen molar-refractivity contribution in [3.63, 3.8) is 0 Å². The number of aryl methyl sites for hydroxylation is 1. The summed E-state index contributed by atoms with van der Waals surface area (Å²) in [6, 6.07) is 8.09. The lowest BCUT2D eigenvalue weighted by atomic mass is 10.3. The van der Waals surface area contributed by atoms with Crippen LogP contribution in [0.3, 0.4) is 0 Å². The molecule has 0 aliphatic rings. The smallest absolute Gasteiger partial charge is 0.0814 e. The van der Waals surface area contributed by atoms with E-state index in [9.17, 15) is 0 Å². The summed E-state index contributed by atoms with van der Waals surface area (Å²) >= 11 is 9.34. The van der Waals surface area contributed by atoms with Gasteiger partial charge in [-0.15, -0.1) is 0 Å². The van der Waals surface area contributed by atoms with Crippen LogP contribution in [0.15, 0.2) is 34.9 Å². The van der Waals surface area contributed by atoms with Crippen LogP contribution in [-0.2, 0) is 6.54 Å². The van der Waals surface area contributed by atoms with Crippen molar-refractivity contribution in [2.75, 3.05) is 11.9 Å². The highest BCUT2D eigenvalue weighted by molar-refractivity contribution is 9.10. The second kappa shape index (κ2) is 5.56. The summed E-state index contributed by atoms with van der Waals surface area (Å²) in [5.41, 5.74) is 1.97. The highest BCUT2D eigenvalue weighted by atomic mass is 79.9. The van der Waals surface area contributed by atoms with Gasteiger partial charge < -0.3 is 5.32 Å². The van der Waals surface area contributed by atoms with Crippen molar-refractivity contribution in [2.24, 2.45) is 0 Å². The molecule has 0 amide bonds. The van der Waals surface area contributed by atoms with E-state index < -0.39 is 0 Å². The van der Waals surface area contributed by atoms with Gasteiger partial charge >= 0.3 is 0 Å². The van der Waals surface area contributed by atoms with E-state index in [1.165, 1.54) is 0 Å². The standard InChI is InChI=1S/C12H13BrClN3/c1-9-12(14)8-17(16-9)7-6-15-11-4-2-10(13)3-5-11/h2-5,8,15H,6-7H2,1H3. The van der Waals surface area contributed by atoms with Gasteiger partial charge in [-0.05, 0) is 31.2 Å². The Morgan fingerprint density at radius 3 is 2.65 bits per heavy atom. The van der Waals surface area contributed by atoms with Crippen LogP contribution in [-0.4, -0.2) is 16.3 Å². The molecule has 3 nitrogen and oxygen atoms in total. The molecule has 2 aromatic rings. The number of halogens is 2. The first-order valence-electron chi connectivity index (χ1n) is 5.34. The molecular formula is C12H13BrClN3. The number of rotatable bonds is 4. The molecule has 0 fully saturated rings. The van der Waals surface area contributed by atoms with Crippen LogP contribution >= 0.6 is 27.5 Å². The maximum Gasteiger partial charge on any atom is 0.0814 e. The lowest BCUT2D eigenvalue weighted by Crippen LogP contribution is -2.10. The quantitative estimate of drug-likeness (QED) is 0.932. The minimum absolute atomic E-state index is 0.716. The van der Waals surface area contributed by atoms with Gasteiger partial charge in [0.1, 0.15) is 0 Å². The van der Waals surface area contributed by atoms with E-state index in [0.717, 1.165) is 28.9 Å². The maximum atomic E-state index is 5.93. The lowest BCUT2D eigenvalue weighted by Gasteiger charge is -2.06. The predicted molar refractivity (Wildman–Crippen MR) is 74.6 cm³/mol. The molecule has 0 aliphatic carbocycles. The second-order valence-corrected chi connectivity index (χ2v) is 5.08. The minimum atomic E-state index is 0.716. The van der Waals surface area contributed by atoms with E-state index in [4.69, 9.17) is 11.6 Å². The van der Waals surface area contributed by atoms with Crippen LogP contribution in [0.5, 0.6) is 0 Å². The van der Waals surface area contributed by atoms with Gasteiger partial charge in [-0.25, -0.2) is 0 Å². The molecule has 0 atom stereocenters. The molecule has 0 radical (unpaired) electrons. The van der Waals surface area contributed by atoms with Crippen LogP contribution < -0.4 is 5.32 Å². The molecule has 1 aromatic carbocycles. The first kappa shape index (κ1) is 12.5. The summed E-state index contributed by atoms with van der Waals surface area (Å²) in [5, 5.41) is 8.33. The van der Waals surface area contributed by atoms with Crippen LogP contribution in [0.1, 0.15) is 5.69 Å². The number of aromatic nitrogens is 2. The molecule has 2 rings (SSSR count). The Labute approximate surface area is 114 Å². The Morgan fingerprint density at radius 1 is 1.35 bits per heavy atom. The SMILES string of the molecule is Cc1nn(CCNc2ccc(Br)cc2)cc1Cl. The molecule has 1 N–H and O–H groups in total. The summed E-state index contributed by atoms with van der Waals surface area (Å²) in [6.45, 7) is 3.52. The number of anilines is 1. The molecule has 0 bridgehead atoms. The Bertz CT molecular complexity index is 473.